The summed E-state index contributed by atoms with van der Waals surface area (Å²) in [6.45, 7) is 2.50. The van der Waals surface area contributed by atoms with Gasteiger partial charge in [0.25, 0.3) is 5.91 Å². The predicted octanol–water partition coefficient (Wildman–Crippen LogP) is 1.51. The van der Waals surface area contributed by atoms with Crippen molar-refractivity contribution in [2.75, 3.05) is 6.54 Å². The van der Waals surface area contributed by atoms with Gasteiger partial charge in [-0.15, -0.1) is 0 Å². The van der Waals surface area contributed by atoms with Gasteiger partial charge in [-0.3, -0.25) is 9.48 Å². The lowest BCUT2D eigenvalue weighted by atomic mass is 10.00. The van der Waals surface area contributed by atoms with Crippen molar-refractivity contribution in [1.29, 1.82) is 0 Å². The molecule has 1 saturated heterocycles. The zero-order valence-corrected chi connectivity index (χ0v) is 12.5. The normalized spacial score (nSPS) is 29.3. The Hall–Kier alpha value is -0.880. The van der Waals surface area contributed by atoms with Crippen molar-refractivity contribution in [3.63, 3.8) is 0 Å². The molecule has 0 radical (unpaired) electrons. The Morgan fingerprint density at radius 1 is 1.53 bits per heavy atom. The quantitative estimate of drug-likeness (QED) is 0.895. The van der Waals surface area contributed by atoms with Gasteiger partial charge in [0.05, 0.1) is 16.8 Å². The molecule has 2 aliphatic rings. The van der Waals surface area contributed by atoms with Crippen LogP contribution in [0, 0.1) is 0 Å². The van der Waals surface area contributed by atoms with Crippen LogP contribution < -0.4 is 0 Å². The summed E-state index contributed by atoms with van der Waals surface area (Å²) in [5, 5.41) is 14.1. The zero-order valence-electron chi connectivity index (χ0n) is 10.9. The van der Waals surface area contributed by atoms with E-state index >= 15 is 0 Å². The molecular formula is C13H18BrN3O2. The molecule has 6 heteroatoms. The maximum Gasteiger partial charge on any atom is 0.250 e. The second-order valence-electron chi connectivity index (χ2n) is 5.67. The maximum absolute atomic E-state index is 12.8. The van der Waals surface area contributed by atoms with E-state index in [9.17, 15) is 9.90 Å². The van der Waals surface area contributed by atoms with Crippen molar-refractivity contribution in [3.8, 4) is 0 Å². The van der Waals surface area contributed by atoms with Crippen LogP contribution in [0.25, 0.3) is 0 Å². The van der Waals surface area contributed by atoms with Crippen LogP contribution in [-0.2, 0) is 10.3 Å². The van der Waals surface area contributed by atoms with Crippen molar-refractivity contribution >= 4 is 21.8 Å². The first-order chi connectivity index (χ1) is 9.03. The van der Waals surface area contributed by atoms with Gasteiger partial charge in [0.15, 0.2) is 0 Å². The van der Waals surface area contributed by atoms with Crippen molar-refractivity contribution in [3.05, 3.63) is 16.9 Å². The van der Waals surface area contributed by atoms with Gasteiger partial charge in [-0.2, -0.15) is 5.10 Å². The minimum absolute atomic E-state index is 0.106. The van der Waals surface area contributed by atoms with Gasteiger partial charge in [-0.25, -0.2) is 0 Å². The van der Waals surface area contributed by atoms with E-state index in [-0.39, 0.29) is 18.1 Å². The Morgan fingerprint density at radius 2 is 2.26 bits per heavy atom. The average molecular weight is 328 g/mol. The van der Waals surface area contributed by atoms with Crippen LogP contribution in [0.4, 0.5) is 0 Å². The van der Waals surface area contributed by atoms with Gasteiger partial charge in [0.1, 0.15) is 5.54 Å². The van der Waals surface area contributed by atoms with Crippen LogP contribution in [0.2, 0.25) is 0 Å². The van der Waals surface area contributed by atoms with E-state index in [1.165, 1.54) is 0 Å². The number of amides is 1. The molecule has 1 aliphatic heterocycles. The van der Waals surface area contributed by atoms with Gasteiger partial charge in [-0.05, 0) is 48.5 Å². The first-order valence-corrected chi connectivity index (χ1v) is 7.52. The number of likely N-dealkylation sites (tertiary alicyclic amines) is 1. The number of aliphatic hydroxyl groups is 1. The van der Waals surface area contributed by atoms with Gasteiger partial charge in [0, 0.05) is 18.8 Å². The Morgan fingerprint density at radius 3 is 2.84 bits per heavy atom. The summed E-state index contributed by atoms with van der Waals surface area (Å²) >= 11 is 3.37. The molecule has 0 unspecified atom stereocenters. The molecule has 3 rings (SSSR count). The SMILES string of the molecule is C[C@@H]1CC[C@@H](O)CN1C(=O)C1(n2cc(Br)cn2)CC1. The van der Waals surface area contributed by atoms with E-state index in [0.29, 0.717) is 6.54 Å². The van der Waals surface area contributed by atoms with Gasteiger partial charge in [-0.1, -0.05) is 0 Å². The topological polar surface area (TPSA) is 58.4 Å². The third kappa shape index (κ3) is 2.21. The van der Waals surface area contributed by atoms with E-state index < -0.39 is 5.54 Å². The maximum atomic E-state index is 12.8. The summed E-state index contributed by atoms with van der Waals surface area (Å²) in [7, 11) is 0. The monoisotopic (exact) mass is 327 g/mol. The summed E-state index contributed by atoms with van der Waals surface area (Å²) in [4.78, 5) is 14.6. The predicted molar refractivity (Wildman–Crippen MR) is 73.6 cm³/mol. The number of carbonyl (C=O) groups excluding carboxylic acids is 1. The minimum Gasteiger partial charge on any atom is -0.391 e. The molecule has 19 heavy (non-hydrogen) atoms. The highest BCUT2D eigenvalue weighted by atomic mass is 79.9. The Bertz CT molecular complexity index is 498. The summed E-state index contributed by atoms with van der Waals surface area (Å²) in [5.41, 5.74) is -0.503. The molecule has 1 aromatic rings. The highest BCUT2D eigenvalue weighted by molar-refractivity contribution is 9.10. The van der Waals surface area contributed by atoms with E-state index in [1.54, 1.807) is 10.9 Å². The number of halogens is 1. The van der Waals surface area contributed by atoms with E-state index in [2.05, 4.69) is 28.0 Å². The average Bonchev–Trinajstić information content (AvgIpc) is 3.08. The molecule has 2 fully saturated rings. The molecular weight excluding hydrogens is 310 g/mol. The van der Waals surface area contributed by atoms with E-state index in [1.807, 2.05) is 11.1 Å². The number of rotatable bonds is 2. The molecule has 0 bridgehead atoms. The lowest BCUT2D eigenvalue weighted by Crippen LogP contribution is -2.52. The number of nitrogens with zero attached hydrogens (tertiary/aromatic N) is 3. The molecule has 0 spiro atoms. The lowest BCUT2D eigenvalue weighted by molar-refractivity contribution is -0.142. The zero-order chi connectivity index (χ0) is 13.6. The van der Waals surface area contributed by atoms with Crippen LogP contribution in [0.3, 0.4) is 0 Å². The van der Waals surface area contributed by atoms with Crippen molar-refractivity contribution in [2.45, 2.75) is 50.3 Å². The van der Waals surface area contributed by atoms with Crippen molar-refractivity contribution in [1.82, 2.24) is 14.7 Å². The number of hydrogen-bond donors (Lipinski definition) is 1. The van der Waals surface area contributed by atoms with Crippen molar-refractivity contribution < 1.29 is 9.90 Å². The lowest BCUT2D eigenvalue weighted by Gasteiger charge is -2.38. The Balaban J connectivity index is 1.83. The Labute approximate surface area is 120 Å². The van der Waals surface area contributed by atoms with Crippen LogP contribution in [0.1, 0.15) is 32.6 Å². The summed E-state index contributed by atoms with van der Waals surface area (Å²) in [6.07, 6.45) is 6.49. The Kier molecular flexibility index (Phi) is 3.17. The number of aliphatic hydroxyl groups excluding tert-OH is 1. The number of carbonyl (C=O) groups is 1. The molecule has 1 saturated carbocycles. The molecule has 5 nitrogen and oxygen atoms in total. The third-order valence-corrected chi connectivity index (χ3v) is 4.64. The first-order valence-electron chi connectivity index (χ1n) is 6.73. The van der Waals surface area contributed by atoms with E-state index in [4.69, 9.17) is 0 Å². The summed E-state index contributed by atoms with van der Waals surface area (Å²) in [6, 6.07) is 0.201. The second-order valence-corrected chi connectivity index (χ2v) is 6.59. The molecule has 0 aromatic carbocycles. The number of aromatic nitrogens is 2. The molecule has 1 aromatic heterocycles. The third-order valence-electron chi connectivity index (χ3n) is 4.23. The van der Waals surface area contributed by atoms with Crippen LogP contribution in [0.5, 0.6) is 0 Å². The fraction of sp³-hybridized carbons (Fsp3) is 0.692. The highest BCUT2D eigenvalue weighted by Gasteiger charge is 2.55. The van der Waals surface area contributed by atoms with Crippen LogP contribution in [0.15, 0.2) is 16.9 Å². The molecule has 104 valence electrons. The smallest absolute Gasteiger partial charge is 0.250 e. The summed E-state index contributed by atoms with van der Waals surface area (Å²) in [5.74, 6) is 0.106. The molecule has 2 heterocycles. The molecule has 1 aliphatic carbocycles. The molecule has 2 atom stereocenters. The number of piperidine rings is 1. The second kappa shape index (κ2) is 4.59. The molecule has 1 amide bonds. The van der Waals surface area contributed by atoms with Crippen molar-refractivity contribution in [2.24, 2.45) is 0 Å². The van der Waals surface area contributed by atoms with Crippen LogP contribution >= 0.6 is 15.9 Å². The first kappa shape index (κ1) is 13.1. The van der Waals surface area contributed by atoms with Gasteiger partial charge in [0.2, 0.25) is 0 Å². The fourth-order valence-corrected chi connectivity index (χ4v) is 3.12. The minimum atomic E-state index is -0.503. The fourth-order valence-electron chi connectivity index (χ4n) is 2.83. The number of hydrogen-bond acceptors (Lipinski definition) is 3. The largest absolute Gasteiger partial charge is 0.391 e. The summed E-state index contributed by atoms with van der Waals surface area (Å²) < 4.78 is 2.66. The van der Waals surface area contributed by atoms with Gasteiger partial charge < -0.3 is 10.0 Å². The number of β-amino-alcohol motifs (C(OH)–C–C–N with tert-alkyl or cyclic N) is 1. The van der Waals surface area contributed by atoms with Gasteiger partial charge >= 0.3 is 0 Å². The standard InChI is InChI=1S/C13H18BrN3O2/c1-9-2-3-11(18)8-16(9)12(19)13(4-5-13)17-7-10(14)6-15-17/h6-7,9,11,18H,2-5,8H2,1H3/t9-,11-/m1/s1. The van der Waals surface area contributed by atoms with Crippen LogP contribution in [-0.4, -0.2) is 44.4 Å². The van der Waals surface area contributed by atoms with E-state index in [0.717, 1.165) is 30.2 Å². The highest BCUT2D eigenvalue weighted by Crippen LogP contribution is 2.45. The molecule has 1 N–H and O–H groups in total.